The Morgan fingerprint density at radius 2 is 1.22 bits per heavy atom. The van der Waals surface area contributed by atoms with Gasteiger partial charge in [-0.15, -0.1) is 0 Å². The van der Waals surface area contributed by atoms with Gasteiger partial charge in [0.1, 0.15) is 0 Å². The topological polar surface area (TPSA) is 66.8 Å². The van der Waals surface area contributed by atoms with Crippen LogP contribution in [0.5, 0.6) is 0 Å². The average molecular weight is 474 g/mol. The van der Waals surface area contributed by atoms with Crippen molar-refractivity contribution < 1.29 is 18.9 Å². The maximum Gasteiger partial charge on any atom is 0.469 e. The van der Waals surface area contributed by atoms with Gasteiger partial charge in [0.15, 0.2) is 0 Å². The zero-order chi connectivity index (χ0) is 13.0. The van der Waals surface area contributed by atoms with Crippen molar-refractivity contribution in [3.05, 3.63) is 0 Å². The number of hydrogen-bond acceptors (Lipinski definition) is 2. The molecule has 4 radical (unpaired) electrons. The van der Waals surface area contributed by atoms with Gasteiger partial charge in [-0.3, -0.25) is 4.52 Å². The second-order valence-corrected chi connectivity index (χ2v) is 5.75. The van der Waals surface area contributed by atoms with Crippen LogP contribution in [0.25, 0.3) is 0 Å². The van der Waals surface area contributed by atoms with Crippen LogP contribution in [0.3, 0.4) is 0 Å². The van der Waals surface area contributed by atoms with Crippen molar-refractivity contribution in [3.8, 4) is 0 Å². The second kappa shape index (κ2) is 14.4. The van der Waals surface area contributed by atoms with Crippen LogP contribution in [-0.2, 0) is 9.09 Å². The molecule has 0 unspecified atom stereocenters. The minimum Gasteiger partial charge on any atom is -0.303 e. The van der Waals surface area contributed by atoms with Crippen molar-refractivity contribution in [2.24, 2.45) is 0 Å². The van der Waals surface area contributed by atoms with Gasteiger partial charge in [-0.25, -0.2) is 4.57 Å². The summed E-state index contributed by atoms with van der Waals surface area (Å²) in [6.45, 7) is 2.39. The standard InChI is InChI=1S/C12H27O4P.Pb/c1-2-3-4-5-6-7-8-9-10-11-12-16-17(13,14)15;/h2-12H2,1H3,(H2,13,14,15);. The Labute approximate surface area is 131 Å². The zero-order valence-electron chi connectivity index (χ0n) is 11.4. The van der Waals surface area contributed by atoms with Gasteiger partial charge in [0, 0.05) is 27.3 Å². The molecular weight excluding hydrogens is 446 g/mol. The SMILES string of the molecule is CCCCCCCCCCCCOP(=O)(O)O.[Pb]. The monoisotopic (exact) mass is 474 g/mol. The molecule has 0 fully saturated rings. The molecule has 2 N–H and O–H groups in total. The fourth-order valence-electron chi connectivity index (χ4n) is 1.77. The van der Waals surface area contributed by atoms with Crippen LogP contribution < -0.4 is 0 Å². The Hall–Kier alpha value is 1.03. The summed E-state index contributed by atoms with van der Waals surface area (Å²) in [5.41, 5.74) is 0. The quantitative estimate of drug-likeness (QED) is 0.258. The van der Waals surface area contributed by atoms with Crippen molar-refractivity contribution in [2.45, 2.75) is 71.1 Å². The molecule has 0 atom stereocenters. The summed E-state index contributed by atoms with van der Waals surface area (Å²) in [6, 6.07) is 0. The minimum absolute atomic E-state index is 0. The van der Waals surface area contributed by atoms with E-state index in [0.29, 0.717) is 0 Å². The van der Waals surface area contributed by atoms with Crippen molar-refractivity contribution >= 4 is 35.1 Å². The molecule has 18 heavy (non-hydrogen) atoms. The third-order valence-corrected chi connectivity index (χ3v) is 3.28. The second-order valence-electron chi connectivity index (χ2n) is 4.51. The molecule has 0 saturated heterocycles. The molecule has 0 aromatic carbocycles. The van der Waals surface area contributed by atoms with E-state index in [-0.39, 0.29) is 33.9 Å². The van der Waals surface area contributed by atoms with Crippen molar-refractivity contribution in [1.29, 1.82) is 0 Å². The van der Waals surface area contributed by atoms with E-state index in [4.69, 9.17) is 9.79 Å². The first-order chi connectivity index (χ1) is 8.06. The summed E-state index contributed by atoms with van der Waals surface area (Å²) in [5.74, 6) is 0. The molecule has 0 aliphatic rings. The number of phosphoric acid groups is 1. The van der Waals surface area contributed by atoms with Crippen molar-refractivity contribution in [1.82, 2.24) is 0 Å². The van der Waals surface area contributed by atoms with Crippen LogP contribution in [0, 0.1) is 0 Å². The summed E-state index contributed by atoms with van der Waals surface area (Å²) in [6.07, 6.45) is 12.0. The van der Waals surface area contributed by atoms with E-state index in [0.717, 1.165) is 19.3 Å². The fourth-order valence-corrected chi connectivity index (χ4v) is 2.14. The Bertz CT molecular complexity index is 208. The summed E-state index contributed by atoms with van der Waals surface area (Å²) in [4.78, 5) is 16.9. The molecule has 0 aliphatic carbocycles. The molecule has 4 nitrogen and oxygen atoms in total. The minimum atomic E-state index is -4.24. The van der Waals surface area contributed by atoms with Crippen LogP contribution in [-0.4, -0.2) is 43.7 Å². The van der Waals surface area contributed by atoms with Gasteiger partial charge in [0.25, 0.3) is 0 Å². The third kappa shape index (κ3) is 19.4. The molecule has 0 spiro atoms. The molecular formula is C12H27O4PPb. The maximum absolute atomic E-state index is 10.4. The van der Waals surface area contributed by atoms with Crippen LogP contribution in [0.4, 0.5) is 0 Å². The normalized spacial score (nSPS) is 11.3. The van der Waals surface area contributed by atoms with Gasteiger partial charge in [-0.2, -0.15) is 0 Å². The summed E-state index contributed by atoms with van der Waals surface area (Å²) in [7, 11) is -4.24. The molecule has 0 aliphatic heterocycles. The summed E-state index contributed by atoms with van der Waals surface area (Å²) >= 11 is 0. The van der Waals surface area contributed by atoms with Gasteiger partial charge in [0.2, 0.25) is 0 Å². The largest absolute Gasteiger partial charge is 0.469 e. The van der Waals surface area contributed by atoms with Crippen molar-refractivity contribution in [3.63, 3.8) is 0 Å². The Morgan fingerprint density at radius 1 is 0.833 bits per heavy atom. The number of unbranched alkanes of at least 4 members (excludes halogenated alkanes) is 9. The van der Waals surface area contributed by atoms with E-state index in [1.807, 2.05) is 0 Å². The molecule has 0 amide bonds. The van der Waals surface area contributed by atoms with Crippen LogP contribution in [0.15, 0.2) is 0 Å². The molecule has 0 rings (SSSR count). The fraction of sp³-hybridized carbons (Fsp3) is 1.00. The van der Waals surface area contributed by atoms with Crippen molar-refractivity contribution in [2.75, 3.05) is 6.61 Å². The van der Waals surface area contributed by atoms with Gasteiger partial charge in [0.05, 0.1) is 6.61 Å². The predicted octanol–water partition coefficient (Wildman–Crippen LogP) is 3.64. The molecule has 0 bridgehead atoms. The first-order valence-electron chi connectivity index (χ1n) is 6.76. The average Bonchev–Trinajstić information content (AvgIpc) is 2.24. The van der Waals surface area contributed by atoms with Gasteiger partial charge in [-0.05, 0) is 6.42 Å². The Balaban J connectivity index is 0. The molecule has 0 aromatic rings. The van der Waals surface area contributed by atoms with E-state index < -0.39 is 7.82 Å². The predicted molar refractivity (Wildman–Crippen MR) is 75.6 cm³/mol. The van der Waals surface area contributed by atoms with E-state index in [2.05, 4.69) is 11.4 Å². The van der Waals surface area contributed by atoms with Crippen LogP contribution >= 0.6 is 7.82 Å². The molecule has 0 heterocycles. The zero-order valence-corrected chi connectivity index (χ0v) is 16.2. The first kappa shape index (κ1) is 21.3. The van der Waals surface area contributed by atoms with Crippen LogP contribution in [0.2, 0.25) is 0 Å². The van der Waals surface area contributed by atoms with E-state index in [9.17, 15) is 4.57 Å². The Kier molecular flexibility index (Phi) is 17.1. The maximum atomic E-state index is 10.4. The molecule has 0 aromatic heterocycles. The van der Waals surface area contributed by atoms with Gasteiger partial charge < -0.3 is 9.79 Å². The van der Waals surface area contributed by atoms with E-state index >= 15 is 0 Å². The van der Waals surface area contributed by atoms with E-state index in [1.54, 1.807) is 0 Å². The van der Waals surface area contributed by atoms with Gasteiger partial charge >= 0.3 is 7.82 Å². The number of rotatable bonds is 12. The molecule has 0 saturated carbocycles. The van der Waals surface area contributed by atoms with E-state index in [1.165, 1.54) is 44.9 Å². The summed E-state index contributed by atoms with van der Waals surface area (Å²) < 4.78 is 14.7. The van der Waals surface area contributed by atoms with Crippen LogP contribution in [0.1, 0.15) is 71.1 Å². The smallest absolute Gasteiger partial charge is 0.303 e. The number of hydrogen-bond donors (Lipinski definition) is 2. The number of phosphoric ester groups is 1. The third-order valence-electron chi connectivity index (χ3n) is 2.76. The molecule has 6 heteroatoms. The summed E-state index contributed by atoms with van der Waals surface area (Å²) in [5, 5.41) is 0. The first-order valence-corrected chi connectivity index (χ1v) is 8.29. The molecule has 108 valence electrons. The van der Waals surface area contributed by atoms with Gasteiger partial charge in [-0.1, -0.05) is 64.7 Å². The Morgan fingerprint density at radius 3 is 1.61 bits per heavy atom.